The number of fused-ring (bicyclic) bond motifs is 1. The largest absolute Gasteiger partial charge is 0.405 e. The van der Waals surface area contributed by atoms with Crippen LogP contribution in [0.3, 0.4) is 0 Å². The van der Waals surface area contributed by atoms with Crippen molar-refractivity contribution in [1.82, 2.24) is 24.8 Å². The SMILES string of the molecule is CN=C(C=CN)C(=O)N[C@H](c1nc2c(F)c(-c3cnccc3C(=O)N3CC(F)(F)C3)ccc2n1C)C1CCC(C)CC1. The number of aryl methyl sites for hydroxylation is 1. The molecule has 5 rings (SSSR count). The number of aromatic nitrogens is 3. The van der Waals surface area contributed by atoms with E-state index in [1.54, 1.807) is 17.7 Å². The molecule has 1 atom stereocenters. The number of benzene rings is 1. The number of likely N-dealkylation sites (tertiary alicyclic amines) is 1. The van der Waals surface area contributed by atoms with Crippen molar-refractivity contribution in [3.63, 3.8) is 0 Å². The summed E-state index contributed by atoms with van der Waals surface area (Å²) in [6.07, 6.45) is 9.12. The number of hydrogen-bond donors (Lipinski definition) is 2. The zero-order chi connectivity index (χ0) is 30.2. The number of nitrogens with one attached hydrogen (secondary N) is 1. The van der Waals surface area contributed by atoms with Gasteiger partial charge in [-0.1, -0.05) is 19.8 Å². The van der Waals surface area contributed by atoms with Gasteiger partial charge in [-0.3, -0.25) is 19.6 Å². The Morgan fingerprint density at radius 1 is 1.17 bits per heavy atom. The molecule has 3 aromatic rings. The first-order valence-electron chi connectivity index (χ1n) is 14.0. The molecule has 2 fully saturated rings. The summed E-state index contributed by atoms with van der Waals surface area (Å²) in [5.41, 5.74) is 6.58. The highest BCUT2D eigenvalue weighted by atomic mass is 19.3. The summed E-state index contributed by atoms with van der Waals surface area (Å²) in [5, 5.41) is 3.07. The second-order valence-electron chi connectivity index (χ2n) is 11.2. The molecule has 3 heterocycles. The highest BCUT2D eigenvalue weighted by Gasteiger charge is 2.46. The van der Waals surface area contributed by atoms with Crippen molar-refractivity contribution in [2.75, 3.05) is 20.1 Å². The van der Waals surface area contributed by atoms with Gasteiger partial charge in [0, 0.05) is 37.6 Å². The molecular formula is C30H34F3N7O2. The molecule has 0 bridgehead atoms. The van der Waals surface area contributed by atoms with Gasteiger partial charge in [-0.15, -0.1) is 0 Å². The van der Waals surface area contributed by atoms with Crippen LogP contribution in [0.15, 0.2) is 47.9 Å². The third-order valence-corrected chi connectivity index (χ3v) is 8.32. The van der Waals surface area contributed by atoms with Crippen LogP contribution in [0.4, 0.5) is 13.2 Å². The van der Waals surface area contributed by atoms with Crippen molar-refractivity contribution in [2.24, 2.45) is 29.6 Å². The molecule has 1 aliphatic heterocycles. The summed E-state index contributed by atoms with van der Waals surface area (Å²) in [5.74, 6) is -3.49. The molecule has 1 aliphatic carbocycles. The third kappa shape index (κ3) is 5.49. The summed E-state index contributed by atoms with van der Waals surface area (Å²) in [6.45, 7) is 0.837. The second kappa shape index (κ2) is 11.6. The molecule has 1 saturated carbocycles. The number of nitrogens with two attached hydrogens (primary N) is 1. The summed E-state index contributed by atoms with van der Waals surface area (Å²) in [7, 11) is 3.27. The molecule has 9 nitrogen and oxygen atoms in total. The zero-order valence-electron chi connectivity index (χ0n) is 23.8. The first-order valence-corrected chi connectivity index (χ1v) is 14.0. The summed E-state index contributed by atoms with van der Waals surface area (Å²) < 4.78 is 44.9. The van der Waals surface area contributed by atoms with Crippen molar-refractivity contribution in [3.8, 4) is 11.1 Å². The minimum Gasteiger partial charge on any atom is -0.405 e. The molecule has 12 heteroatoms. The smallest absolute Gasteiger partial charge is 0.282 e. The molecule has 0 radical (unpaired) electrons. The Morgan fingerprint density at radius 3 is 2.52 bits per heavy atom. The Kier molecular flexibility index (Phi) is 8.07. The number of amides is 2. The van der Waals surface area contributed by atoms with Crippen molar-refractivity contribution in [2.45, 2.75) is 44.6 Å². The maximum atomic E-state index is 16.2. The number of nitrogens with zero attached hydrogens (tertiary/aromatic N) is 5. The van der Waals surface area contributed by atoms with Crippen LogP contribution in [0.2, 0.25) is 0 Å². The predicted octanol–water partition coefficient (Wildman–Crippen LogP) is 4.39. The van der Waals surface area contributed by atoms with Crippen LogP contribution in [0, 0.1) is 17.7 Å². The van der Waals surface area contributed by atoms with E-state index in [2.05, 4.69) is 22.2 Å². The van der Waals surface area contributed by atoms with Gasteiger partial charge in [0.05, 0.1) is 30.2 Å². The average Bonchev–Trinajstić information content (AvgIpc) is 3.30. The number of pyridine rings is 1. The molecule has 0 spiro atoms. The van der Waals surface area contributed by atoms with E-state index in [0.717, 1.165) is 30.6 Å². The van der Waals surface area contributed by atoms with E-state index in [1.165, 1.54) is 43.9 Å². The molecule has 222 valence electrons. The molecule has 0 unspecified atom stereocenters. The van der Waals surface area contributed by atoms with Gasteiger partial charge in [0.1, 0.15) is 17.1 Å². The molecule has 3 N–H and O–H groups in total. The number of hydrogen-bond acceptors (Lipinski definition) is 6. The normalized spacial score (nSPS) is 21.4. The fourth-order valence-electron chi connectivity index (χ4n) is 5.92. The van der Waals surface area contributed by atoms with Crippen LogP contribution in [-0.2, 0) is 11.8 Å². The maximum absolute atomic E-state index is 16.2. The van der Waals surface area contributed by atoms with Crippen LogP contribution < -0.4 is 11.1 Å². The van der Waals surface area contributed by atoms with Gasteiger partial charge in [0.15, 0.2) is 5.82 Å². The maximum Gasteiger partial charge on any atom is 0.282 e. The first-order chi connectivity index (χ1) is 20.0. The lowest BCUT2D eigenvalue weighted by Gasteiger charge is -2.38. The summed E-state index contributed by atoms with van der Waals surface area (Å²) in [6, 6.07) is 4.11. The van der Waals surface area contributed by atoms with Crippen LogP contribution in [0.25, 0.3) is 22.2 Å². The molecule has 2 amide bonds. The van der Waals surface area contributed by atoms with Crippen molar-refractivity contribution in [3.05, 3.63) is 60.1 Å². The fourth-order valence-corrected chi connectivity index (χ4v) is 5.92. The van der Waals surface area contributed by atoms with E-state index in [4.69, 9.17) is 10.7 Å². The fraction of sp³-hybridized carbons (Fsp3) is 0.433. The number of rotatable bonds is 7. The van der Waals surface area contributed by atoms with E-state index >= 15 is 4.39 Å². The van der Waals surface area contributed by atoms with Gasteiger partial charge in [-0.05, 0) is 55.2 Å². The van der Waals surface area contributed by atoms with Crippen LogP contribution in [0.1, 0.15) is 54.8 Å². The quantitative estimate of drug-likeness (QED) is 0.401. The molecule has 1 saturated heterocycles. The number of aliphatic imine (C=N–C) groups is 1. The topological polar surface area (TPSA) is 118 Å². The molecule has 1 aromatic carbocycles. The molecule has 42 heavy (non-hydrogen) atoms. The lowest BCUT2D eigenvalue weighted by Crippen LogP contribution is -2.58. The molecule has 2 aromatic heterocycles. The number of carbonyl (C=O) groups is 2. The number of alkyl halides is 2. The second-order valence-corrected chi connectivity index (χ2v) is 11.2. The predicted molar refractivity (Wildman–Crippen MR) is 153 cm³/mol. The zero-order valence-corrected chi connectivity index (χ0v) is 23.8. The summed E-state index contributed by atoms with van der Waals surface area (Å²) in [4.78, 5) is 40.0. The van der Waals surface area contributed by atoms with Gasteiger partial charge >= 0.3 is 0 Å². The Bertz CT molecular complexity index is 1570. The van der Waals surface area contributed by atoms with Crippen LogP contribution in [0.5, 0.6) is 0 Å². The Morgan fingerprint density at radius 2 is 1.88 bits per heavy atom. The number of carbonyl (C=O) groups excluding carboxylic acids is 2. The Labute approximate surface area is 241 Å². The van der Waals surface area contributed by atoms with E-state index in [-0.39, 0.29) is 33.8 Å². The Balaban J connectivity index is 1.55. The van der Waals surface area contributed by atoms with Crippen LogP contribution >= 0.6 is 0 Å². The van der Waals surface area contributed by atoms with Gasteiger partial charge in [-0.2, -0.15) is 0 Å². The van der Waals surface area contributed by atoms with Crippen LogP contribution in [-0.4, -0.2) is 63.0 Å². The lowest BCUT2D eigenvalue weighted by atomic mass is 9.79. The third-order valence-electron chi connectivity index (χ3n) is 8.32. The van der Waals surface area contributed by atoms with Crippen molar-refractivity contribution >= 4 is 28.6 Å². The standard InChI is InChI=1S/C30H34F3N7O2/c1-17-4-6-18(7-5-17)25(38-28(41)22(35-2)10-12-34)27-37-26-23(39(27)3)9-8-19(24(26)31)21-14-36-13-11-20(21)29(42)40-15-30(32,33)16-40/h8-14,17-18,25H,4-7,15-16,34H2,1-3H3,(H,38,41)/t17?,18?,25-/m0/s1. The van der Waals surface area contributed by atoms with Gasteiger partial charge in [0.2, 0.25) is 0 Å². The number of halogens is 3. The van der Waals surface area contributed by atoms with E-state index in [1.807, 2.05) is 0 Å². The highest BCUT2D eigenvalue weighted by Crippen LogP contribution is 2.39. The molecule has 2 aliphatic rings. The van der Waals surface area contributed by atoms with E-state index < -0.39 is 42.7 Å². The monoisotopic (exact) mass is 581 g/mol. The summed E-state index contributed by atoms with van der Waals surface area (Å²) >= 11 is 0. The van der Waals surface area contributed by atoms with E-state index in [9.17, 15) is 18.4 Å². The van der Waals surface area contributed by atoms with Crippen molar-refractivity contribution in [1.29, 1.82) is 0 Å². The molecular weight excluding hydrogens is 547 g/mol. The van der Waals surface area contributed by atoms with Crippen molar-refractivity contribution < 1.29 is 22.8 Å². The van der Waals surface area contributed by atoms with E-state index in [0.29, 0.717) is 17.3 Å². The minimum absolute atomic E-state index is 0.0670. The van der Waals surface area contributed by atoms with Gasteiger partial charge < -0.3 is 20.5 Å². The Hall–Kier alpha value is -4.22. The van der Waals surface area contributed by atoms with Gasteiger partial charge in [-0.25, -0.2) is 18.2 Å². The lowest BCUT2D eigenvalue weighted by molar-refractivity contribution is -0.116. The average molecular weight is 582 g/mol. The minimum atomic E-state index is -2.93. The highest BCUT2D eigenvalue weighted by molar-refractivity contribution is 6.43. The number of imidazole rings is 1. The first kappa shape index (κ1) is 29.3. The van der Waals surface area contributed by atoms with Gasteiger partial charge in [0.25, 0.3) is 17.7 Å².